The molecule has 2 unspecified atom stereocenters. The van der Waals surface area contributed by atoms with Gasteiger partial charge < -0.3 is 5.73 Å². The maximum absolute atomic E-state index is 6.19. The molecule has 1 aromatic heterocycles. The second-order valence-electron chi connectivity index (χ2n) is 7.35. The Labute approximate surface area is 134 Å². The van der Waals surface area contributed by atoms with E-state index in [-0.39, 0.29) is 5.41 Å². The molecule has 1 fully saturated rings. The lowest BCUT2D eigenvalue weighted by Crippen LogP contribution is -2.40. The topological polar surface area (TPSA) is 29.3 Å². The fourth-order valence-corrected chi connectivity index (χ4v) is 4.60. The molecular formula is C18H32N2S. The highest BCUT2D eigenvalue weighted by atomic mass is 32.1. The first-order valence-corrected chi connectivity index (χ1v) is 9.35. The zero-order valence-electron chi connectivity index (χ0n) is 14.2. The molecule has 0 radical (unpaired) electrons. The lowest BCUT2D eigenvalue weighted by atomic mass is 9.95. The van der Waals surface area contributed by atoms with Gasteiger partial charge in [0.25, 0.3) is 0 Å². The summed E-state index contributed by atoms with van der Waals surface area (Å²) in [4.78, 5) is 5.63. The Kier molecular flexibility index (Phi) is 5.87. The summed E-state index contributed by atoms with van der Waals surface area (Å²) in [5.41, 5.74) is 6.43. The summed E-state index contributed by atoms with van der Waals surface area (Å²) >= 11 is 1.96. The molecule has 1 aliphatic heterocycles. The van der Waals surface area contributed by atoms with Crippen molar-refractivity contribution in [3.05, 3.63) is 21.9 Å². The Morgan fingerprint density at radius 3 is 2.62 bits per heavy atom. The first-order chi connectivity index (χ1) is 9.97. The van der Waals surface area contributed by atoms with Crippen LogP contribution >= 0.6 is 11.3 Å². The van der Waals surface area contributed by atoms with Gasteiger partial charge in [0, 0.05) is 22.3 Å². The van der Waals surface area contributed by atoms with Crippen LogP contribution in [0.5, 0.6) is 0 Å². The number of thiophene rings is 1. The molecule has 21 heavy (non-hydrogen) atoms. The van der Waals surface area contributed by atoms with Crippen molar-refractivity contribution in [2.45, 2.75) is 77.3 Å². The minimum atomic E-state index is 0.241. The molecule has 0 amide bonds. The predicted molar refractivity (Wildman–Crippen MR) is 94.1 cm³/mol. The van der Waals surface area contributed by atoms with Crippen molar-refractivity contribution in [1.82, 2.24) is 4.90 Å². The minimum absolute atomic E-state index is 0.241. The minimum Gasteiger partial charge on any atom is -0.329 e. The predicted octanol–water partition coefficient (Wildman–Crippen LogP) is 4.70. The van der Waals surface area contributed by atoms with Crippen LogP contribution in [0.15, 0.2) is 12.1 Å². The third-order valence-electron chi connectivity index (χ3n) is 4.71. The van der Waals surface area contributed by atoms with Crippen LogP contribution in [0, 0.1) is 0 Å². The molecule has 2 heterocycles. The second kappa shape index (κ2) is 7.26. The summed E-state index contributed by atoms with van der Waals surface area (Å²) in [5.74, 6) is 0. The Balaban J connectivity index is 2.22. The van der Waals surface area contributed by atoms with Crippen LogP contribution < -0.4 is 5.73 Å². The van der Waals surface area contributed by atoms with Crippen LogP contribution in [0.3, 0.4) is 0 Å². The highest BCUT2D eigenvalue weighted by Gasteiger charge is 2.28. The van der Waals surface area contributed by atoms with E-state index >= 15 is 0 Å². The molecule has 1 saturated heterocycles. The monoisotopic (exact) mass is 308 g/mol. The molecule has 0 aliphatic carbocycles. The van der Waals surface area contributed by atoms with Gasteiger partial charge in [-0.05, 0) is 43.4 Å². The van der Waals surface area contributed by atoms with E-state index in [1.165, 1.54) is 48.4 Å². The summed E-state index contributed by atoms with van der Waals surface area (Å²) in [6.45, 7) is 11.2. The van der Waals surface area contributed by atoms with E-state index in [1.807, 2.05) is 11.3 Å². The van der Waals surface area contributed by atoms with Gasteiger partial charge in [0.15, 0.2) is 0 Å². The van der Waals surface area contributed by atoms with E-state index in [4.69, 9.17) is 5.73 Å². The van der Waals surface area contributed by atoms with Crippen molar-refractivity contribution in [2.75, 3.05) is 13.1 Å². The van der Waals surface area contributed by atoms with E-state index < -0.39 is 0 Å². The second-order valence-corrected chi connectivity index (χ2v) is 8.47. The number of likely N-dealkylation sites (tertiary alicyclic amines) is 1. The largest absolute Gasteiger partial charge is 0.329 e. The summed E-state index contributed by atoms with van der Waals surface area (Å²) in [5, 5.41) is 0. The average Bonchev–Trinajstić information content (AvgIpc) is 2.80. The maximum Gasteiger partial charge on any atom is 0.0566 e. The molecule has 3 heteroatoms. The van der Waals surface area contributed by atoms with Crippen LogP contribution in [0.25, 0.3) is 0 Å². The van der Waals surface area contributed by atoms with Gasteiger partial charge in [0.2, 0.25) is 0 Å². The van der Waals surface area contributed by atoms with Gasteiger partial charge in [0.05, 0.1) is 6.04 Å². The molecule has 1 aromatic rings. The smallest absolute Gasteiger partial charge is 0.0566 e. The Morgan fingerprint density at radius 2 is 2.05 bits per heavy atom. The number of rotatable bonds is 4. The first-order valence-electron chi connectivity index (χ1n) is 8.53. The summed E-state index contributed by atoms with van der Waals surface area (Å²) in [6, 6.07) is 5.75. The molecular weight excluding hydrogens is 276 g/mol. The van der Waals surface area contributed by atoms with Gasteiger partial charge in [-0.1, -0.05) is 40.5 Å². The molecule has 2 nitrogen and oxygen atoms in total. The fraction of sp³-hybridized carbons (Fsp3) is 0.778. The van der Waals surface area contributed by atoms with Crippen molar-refractivity contribution in [2.24, 2.45) is 5.73 Å². The number of nitrogens with two attached hydrogens (primary N) is 1. The SMILES string of the molecule is CCC1CCCCCN1C(CN)c1ccc(C(C)(C)C)s1. The van der Waals surface area contributed by atoms with Gasteiger partial charge >= 0.3 is 0 Å². The van der Waals surface area contributed by atoms with Crippen LogP contribution in [0.4, 0.5) is 0 Å². The standard InChI is InChI=1S/C18H32N2S/c1-5-14-9-7-6-8-12-20(14)15(13-19)16-10-11-17(21-16)18(2,3)4/h10-11,14-15H,5-9,12-13,19H2,1-4H3. The normalized spacial score (nSPS) is 23.0. The zero-order valence-corrected chi connectivity index (χ0v) is 15.0. The van der Waals surface area contributed by atoms with Gasteiger partial charge in [-0.3, -0.25) is 4.90 Å². The van der Waals surface area contributed by atoms with Crippen molar-refractivity contribution >= 4 is 11.3 Å². The molecule has 0 bridgehead atoms. The Bertz CT molecular complexity index is 433. The summed E-state index contributed by atoms with van der Waals surface area (Å²) in [6.07, 6.45) is 6.66. The number of hydrogen-bond donors (Lipinski definition) is 1. The molecule has 120 valence electrons. The molecule has 0 saturated carbocycles. The Hall–Kier alpha value is -0.380. The van der Waals surface area contributed by atoms with Crippen molar-refractivity contribution in [3.63, 3.8) is 0 Å². The third kappa shape index (κ3) is 4.08. The highest BCUT2D eigenvalue weighted by Crippen LogP contribution is 2.36. The van der Waals surface area contributed by atoms with Crippen LogP contribution in [-0.2, 0) is 5.41 Å². The van der Waals surface area contributed by atoms with E-state index in [1.54, 1.807) is 0 Å². The quantitative estimate of drug-likeness (QED) is 0.873. The number of hydrogen-bond acceptors (Lipinski definition) is 3. The lowest BCUT2D eigenvalue weighted by molar-refractivity contribution is 0.138. The molecule has 0 spiro atoms. The van der Waals surface area contributed by atoms with E-state index in [9.17, 15) is 0 Å². The van der Waals surface area contributed by atoms with Crippen molar-refractivity contribution in [1.29, 1.82) is 0 Å². The van der Waals surface area contributed by atoms with Crippen LogP contribution in [0.2, 0.25) is 0 Å². The number of nitrogens with zero attached hydrogens (tertiary/aromatic N) is 1. The summed E-state index contributed by atoms with van der Waals surface area (Å²) < 4.78 is 0. The maximum atomic E-state index is 6.19. The lowest BCUT2D eigenvalue weighted by Gasteiger charge is -2.35. The molecule has 2 N–H and O–H groups in total. The van der Waals surface area contributed by atoms with E-state index in [0.29, 0.717) is 12.1 Å². The van der Waals surface area contributed by atoms with Crippen LogP contribution in [0.1, 0.15) is 75.6 Å². The van der Waals surface area contributed by atoms with E-state index in [0.717, 1.165) is 6.54 Å². The molecule has 2 atom stereocenters. The highest BCUT2D eigenvalue weighted by molar-refractivity contribution is 7.12. The van der Waals surface area contributed by atoms with Gasteiger partial charge in [-0.25, -0.2) is 0 Å². The van der Waals surface area contributed by atoms with Gasteiger partial charge in [0.1, 0.15) is 0 Å². The fourth-order valence-electron chi connectivity index (χ4n) is 3.40. The Morgan fingerprint density at radius 1 is 1.29 bits per heavy atom. The molecule has 0 aromatic carbocycles. The van der Waals surface area contributed by atoms with E-state index in [2.05, 4.69) is 44.7 Å². The van der Waals surface area contributed by atoms with Crippen LogP contribution in [-0.4, -0.2) is 24.0 Å². The van der Waals surface area contributed by atoms with Crippen molar-refractivity contribution < 1.29 is 0 Å². The first kappa shape index (κ1) is 17.0. The average molecular weight is 309 g/mol. The molecule has 2 rings (SSSR count). The third-order valence-corrected chi connectivity index (χ3v) is 6.32. The van der Waals surface area contributed by atoms with Gasteiger partial charge in [-0.15, -0.1) is 11.3 Å². The molecule has 1 aliphatic rings. The zero-order chi connectivity index (χ0) is 15.5. The van der Waals surface area contributed by atoms with Crippen molar-refractivity contribution in [3.8, 4) is 0 Å². The van der Waals surface area contributed by atoms with Gasteiger partial charge in [-0.2, -0.15) is 0 Å². The summed E-state index contributed by atoms with van der Waals surface area (Å²) in [7, 11) is 0.